The topological polar surface area (TPSA) is 62.3 Å². The largest absolute Gasteiger partial charge is 0.573 e. The lowest BCUT2D eigenvalue weighted by Gasteiger charge is -2.09. The van der Waals surface area contributed by atoms with E-state index in [1.807, 2.05) is 0 Å². The number of benzene rings is 2. The van der Waals surface area contributed by atoms with Crippen molar-refractivity contribution in [3.63, 3.8) is 0 Å². The Bertz CT molecular complexity index is 929. The number of carboxylic acid groups (broad SMARTS) is 1. The number of H-pyrrole nitrogens is 1. The third kappa shape index (κ3) is 3.73. The predicted molar refractivity (Wildman–Crippen MR) is 81.7 cm³/mol. The van der Waals surface area contributed by atoms with E-state index < -0.39 is 30.3 Å². The monoisotopic (exact) mass is 353 g/mol. The summed E-state index contributed by atoms with van der Waals surface area (Å²) in [5, 5.41) is 9.43. The maximum atomic E-state index is 13.1. The minimum Gasteiger partial charge on any atom is -0.481 e. The molecule has 0 saturated carbocycles. The number of hydrogen-bond acceptors (Lipinski definition) is 2. The molecule has 1 aromatic heterocycles. The number of carbonyl (C=O) groups is 1. The van der Waals surface area contributed by atoms with Crippen molar-refractivity contribution in [3.05, 3.63) is 53.8 Å². The van der Waals surface area contributed by atoms with Gasteiger partial charge in [0.2, 0.25) is 0 Å². The van der Waals surface area contributed by atoms with Gasteiger partial charge in [-0.25, -0.2) is 4.39 Å². The minimum atomic E-state index is -4.85. The van der Waals surface area contributed by atoms with E-state index in [0.29, 0.717) is 27.7 Å². The Morgan fingerprint density at radius 3 is 2.40 bits per heavy atom. The highest BCUT2D eigenvalue weighted by molar-refractivity contribution is 5.94. The van der Waals surface area contributed by atoms with Crippen molar-refractivity contribution in [1.29, 1.82) is 0 Å². The van der Waals surface area contributed by atoms with Gasteiger partial charge in [0, 0.05) is 10.9 Å². The number of nitrogens with one attached hydrogen (secondary N) is 1. The van der Waals surface area contributed by atoms with E-state index in [1.54, 1.807) is 0 Å². The van der Waals surface area contributed by atoms with E-state index in [1.165, 1.54) is 30.3 Å². The highest BCUT2D eigenvalue weighted by atomic mass is 19.4. The molecule has 3 rings (SSSR count). The predicted octanol–water partition coefficient (Wildman–Crippen LogP) is 4.50. The average molecular weight is 353 g/mol. The second-order valence-electron chi connectivity index (χ2n) is 5.31. The number of rotatable bonds is 4. The fourth-order valence-corrected chi connectivity index (χ4v) is 2.62. The SMILES string of the molecule is O=C(O)Cc1c(-c2ccc(F)cc2)[nH]c2ccc(OC(F)(F)F)cc12. The van der Waals surface area contributed by atoms with Gasteiger partial charge >= 0.3 is 12.3 Å². The van der Waals surface area contributed by atoms with Crippen LogP contribution in [-0.4, -0.2) is 22.4 Å². The molecule has 0 aliphatic heterocycles. The summed E-state index contributed by atoms with van der Waals surface area (Å²) >= 11 is 0. The van der Waals surface area contributed by atoms with Crippen LogP contribution in [0.3, 0.4) is 0 Å². The van der Waals surface area contributed by atoms with Crippen LogP contribution in [0, 0.1) is 5.82 Å². The average Bonchev–Trinajstić information content (AvgIpc) is 2.84. The van der Waals surface area contributed by atoms with Crippen LogP contribution in [0.25, 0.3) is 22.2 Å². The molecule has 25 heavy (non-hydrogen) atoms. The molecule has 0 fully saturated rings. The Morgan fingerprint density at radius 2 is 1.80 bits per heavy atom. The Balaban J connectivity index is 2.16. The summed E-state index contributed by atoms with van der Waals surface area (Å²) in [7, 11) is 0. The van der Waals surface area contributed by atoms with E-state index in [4.69, 9.17) is 5.11 Å². The fraction of sp³-hybridized carbons (Fsp3) is 0.118. The summed E-state index contributed by atoms with van der Waals surface area (Å²) in [5.41, 5.74) is 1.67. The zero-order chi connectivity index (χ0) is 18.2. The number of carboxylic acids is 1. The third-order valence-electron chi connectivity index (χ3n) is 3.57. The second-order valence-corrected chi connectivity index (χ2v) is 5.31. The van der Waals surface area contributed by atoms with Gasteiger partial charge in [0.25, 0.3) is 0 Å². The summed E-state index contributed by atoms with van der Waals surface area (Å²) in [4.78, 5) is 14.1. The van der Waals surface area contributed by atoms with Crippen LogP contribution in [0.15, 0.2) is 42.5 Å². The number of hydrogen-bond donors (Lipinski definition) is 2. The molecule has 130 valence electrons. The molecule has 1 heterocycles. The number of fused-ring (bicyclic) bond motifs is 1. The number of aromatic amines is 1. The molecule has 0 aliphatic carbocycles. The summed E-state index contributed by atoms with van der Waals surface area (Å²) in [6.07, 6.45) is -5.26. The number of alkyl halides is 3. The van der Waals surface area contributed by atoms with Gasteiger partial charge in [0.05, 0.1) is 12.1 Å². The van der Waals surface area contributed by atoms with Gasteiger partial charge in [-0.1, -0.05) is 0 Å². The Labute approximate surface area is 138 Å². The van der Waals surface area contributed by atoms with Gasteiger partial charge in [0.15, 0.2) is 0 Å². The minimum absolute atomic E-state index is 0.293. The molecule has 0 radical (unpaired) electrons. The molecule has 4 nitrogen and oxygen atoms in total. The standard InChI is InChI=1S/C17H11F4NO3/c18-10-3-1-9(2-4-10)16-13(8-15(23)24)12-7-11(25-17(19,20)21)5-6-14(12)22-16/h1-7,22H,8H2,(H,23,24). The maximum Gasteiger partial charge on any atom is 0.573 e. The first-order chi connectivity index (χ1) is 11.7. The normalized spacial score (nSPS) is 11.7. The highest BCUT2D eigenvalue weighted by Crippen LogP contribution is 2.34. The number of aliphatic carboxylic acids is 1. The zero-order valence-electron chi connectivity index (χ0n) is 12.5. The van der Waals surface area contributed by atoms with Gasteiger partial charge in [-0.05, 0) is 53.6 Å². The van der Waals surface area contributed by atoms with Crippen LogP contribution in [0.1, 0.15) is 5.56 Å². The first-order valence-electron chi connectivity index (χ1n) is 7.11. The lowest BCUT2D eigenvalue weighted by molar-refractivity contribution is -0.274. The summed E-state index contributed by atoms with van der Waals surface area (Å²) < 4.78 is 54.2. The van der Waals surface area contributed by atoms with Crippen molar-refractivity contribution in [2.75, 3.05) is 0 Å². The van der Waals surface area contributed by atoms with Gasteiger partial charge in [-0.2, -0.15) is 0 Å². The highest BCUT2D eigenvalue weighted by Gasteiger charge is 2.31. The maximum absolute atomic E-state index is 13.1. The van der Waals surface area contributed by atoms with E-state index in [-0.39, 0.29) is 0 Å². The van der Waals surface area contributed by atoms with Crippen LogP contribution in [-0.2, 0) is 11.2 Å². The van der Waals surface area contributed by atoms with E-state index in [9.17, 15) is 22.4 Å². The van der Waals surface area contributed by atoms with Crippen LogP contribution in [0.2, 0.25) is 0 Å². The first-order valence-corrected chi connectivity index (χ1v) is 7.11. The molecule has 0 unspecified atom stereocenters. The quantitative estimate of drug-likeness (QED) is 0.679. The van der Waals surface area contributed by atoms with E-state index in [2.05, 4.69) is 9.72 Å². The molecule has 3 aromatic rings. The summed E-state index contributed by atoms with van der Waals surface area (Å²) in [5.74, 6) is -2.05. The van der Waals surface area contributed by atoms with Crippen LogP contribution >= 0.6 is 0 Å². The molecule has 0 atom stereocenters. The Morgan fingerprint density at radius 1 is 1.12 bits per heavy atom. The molecular weight excluding hydrogens is 342 g/mol. The molecule has 2 aromatic carbocycles. The van der Waals surface area contributed by atoms with Gasteiger partial charge in [-0.3, -0.25) is 4.79 Å². The number of halogens is 4. The zero-order valence-corrected chi connectivity index (χ0v) is 12.5. The smallest absolute Gasteiger partial charge is 0.481 e. The third-order valence-corrected chi connectivity index (χ3v) is 3.57. The molecule has 2 N–H and O–H groups in total. The molecule has 0 spiro atoms. The first kappa shape index (κ1) is 16.8. The van der Waals surface area contributed by atoms with Crippen molar-refractivity contribution in [2.45, 2.75) is 12.8 Å². The lowest BCUT2D eigenvalue weighted by atomic mass is 10.0. The van der Waals surface area contributed by atoms with Crippen LogP contribution in [0.4, 0.5) is 17.6 Å². The molecule has 0 amide bonds. The fourth-order valence-electron chi connectivity index (χ4n) is 2.62. The van der Waals surface area contributed by atoms with Gasteiger partial charge in [0.1, 0.15) is 11.6 Å². The van der Waals surface area contributed by atoms with Crippen molar-refractivity contribution in [3.8, 4) is 17.0 Å². The van der Waals surface area contributed by atoms with E-state index in [0.717, 1.165) is 12.1 Å². The molecule has 8 heteroatoms. The lowest BCUT2D eigenvalue weighted by Crippen LogP contribution is -2.17. The van der Waals surface area contributed by atoms with Gasteiger partial charge < -0.3 is 14.8 Å². The van der Waals surface area contributed by atoms with Crippen LogP contribution < -0.4 is 4.74 Å². The summed E-state index contributed by atoms with van der Waals surface area (Å²) in [6, 6.07) is 8.97. The van der Waals surface area contributed by atoms with Crippen LogP contribution in [0.5, 0.6) is 5.75 Å². The molecule has 0 aliphatic rings. The van der Waals surface area contributed by atoms with Gasteiger partial charge in [-0.15, -0.1) is 13.2 Å². The van der Waals surface area contributed by atoms with Crippen molar-refractivity contribution < 1.29 is 32.2 Å². The number of aromatic nitrogens is 1. The Hall–Kier alpha value is -3.03. The molecule has 0 bridgehead atoms. The Kier molecular flexibility index (Phi) is 4.12. The van der Waals surface area contributed by atoms with Crippen molar-refractivity contribution >= 4 is 16.9 Å². The molecular formula is C17H11F4NO3. The van der Waals surface area contributed by atoms with Crippen molar-refractivity contribution in [1.82, 2.24) is 4.98 Å². The summed E-state index contributed by atoms with van der Waals surface area (Å²) in [6.45, 7) is 0. The second kappa shape index (κ2) is 6.12. The van der Waals surface area contributed by atoms with Crippen molar-refractivity contribution in [2.24, 2.45) is 0 Å². The molecule has 0 saturated heterocycles. The number of ether oxygens (including phenoxy) is 1. The van der Waals surface area contributed by atoms with E-state index >= 15 is 0 Å².